The Morgan fingerprint density at radius 1 is 1.64 bits per heavy atom. The molecular weight excluding hydrogens is 206 g/mol. The molecule has 0 aromatic carbocycles. The summed E-state index contributed by atoms with van der Waals surface area (Å²) >= 11 is 0. The van der Waals surface area contributed by atoms with Crippen LogP contribution in [0.5, 0.6) is 0 Å². The van der Waals surface area contributed by atoms with E-state index in [0.29, 0.717) is 11.5 Å². The van der Waals surface area contributed by atoms with Crippen molar-refractivity contribution in [2.24, 2.45) is 0 Å². The number of hydrogen-bond acceptors (Lipinski definition) is 5. The fourth-order valence-electron chi connectivity index (χ4n) is 1.10. The van der Waals surface area contributed by atoms with Crippen LogP contribution in [0.2, 0.25) is 0 Å². The Bertz CT molecular complexity index is 410. The van der Waals surface area contributed by atoms with Crippen LogP contribution in [0.4, 0.5) is 5.82 Å². The van der Waals surface area contributed by atoms with Crippen molar-refractivity contribution >= 4 is 15.7 Å². The van der Waals surface area contributed by atoms with Gasteiger partial charge in [0.2, 0.25) is 0 Å². The number of sulfone groups is 1. The number of nitrogens with zero attached hydrogens (tertiary/aromatic N) is 2. The molecular formula is C7H13N3O3S. The van der Waals surface area contributed by atoms with Gasteiger partial charge in [0.05, 0.1) is 24.6 Å². The van der Waals surface area contributed by atoms with Gasteiger partial charge in [-0.05, 0) is 0 Å². The van der Waals surface area contributed by atoms with Gasteiger partial charge in [-0.25, -0.2) is 13.1 Å². The van der Waals surface area contributed by atoms with E-state index >= 15 is 0 Å². The highest BCUT2D eigenvalue weighted by Gasteiger charge is 2.10. The molecule has 0 aliphatic rings. The lowest BCUT2D eigenvalue weighted by atomic mass is 10.5. The van der Waals surface area contributed by atoms with Crippen LogP contribution in [-0.2, 0) is 22.1 Å². The van der Waals surface area contributed by atoms with E-state index in [1.54, 1.807) is 0 Å². The number of anilines is 1. The van der Waals surface area contributed by atoms with Crippen LogP contribution >= 0.6 is 0 Å². The normalized spacial score (nSPS) is 11.9. The van der Waals surface area contributed by atoms with Crippen molar-refractivity contribution in [1.82, 2.24) is 9.78 Å². The molecule has 0 aliphatic heterocycles. The zero-order valence-electron chi connectivity index (χ0n) is 7.84. The molecule has 3 N–H and O–H groups in total. The highest BCUT2D eigenvalue weighted by atomic mass is 32.2. The number of rotatable bonds is 4. The minimum absolute atomic E-state index is 0.0792. The van der Waals surface area contributed by atoms with E-state index in [9.17, 15) is 8.42 Å². The maximum atomic E-state index is 10.9. The molecule has 1 aromatic heterocycles. The summed E-state index contributed by atoms with van der Waals surface area (Å²) in [6.07, 6.45) is 1.13. The molecule has 1 rings (SSSR count). The molecule has 0 fully saturated rings. The van der Waals surface area contributed by atoms with Crippen LogP contribution in [0.3, 0.4) is 0 Å². The Morgan fingerprint density at radius 2 is 2.29 bits per heavy atom. The third kappa shape index (κ3) is 3.00. The minimum Gasteiger partial charge on any atom is -0.394 e. The van der Waals surface area contributed by atoms with E-state index in [2.05, 4.69) is 5.10 Å². The summed E-state index contributed by atoms with van der Waals surface area (Å²) in [7, 11) is -3.09. The van der Waals surface area contributed by atoms with E-state index < -0.39 is 9.84 Å². The first-order valence-electron chi connectivity index (χ1n) is 4.03. The second-order valence-electron chi connectivity index (χ2n) is 3.08. The van der Waals surface area contributed by atoms with Crippen molar-refractivity contribution in [1.29, 1.82) is 0 Å². The lowest BCUT2D eigenvalue weighted by Crippen LogP contribution is -2.08. The van der Waals surface area contributed by atoms with E-state index in [1.807, 2.05) is 0 Å². The number of aliphatic hydroxyl groups excluding tert-OH is 1. The van der Waals surface area contributed by atoms with Gasteiger partial charge in [0, 0.05) is 12.3 Å². The molecule has 80 valence electrons. The average Bonchev–Trinajstić information content (AvgIpc) is 2.28. The number of nitrogen functional groups attached to an aromatic ring is 1. The largest absolute Gasteiger partial charge is 0.394 e. The molecule has 0 unspecified atom stereocenters. The van der Waals surface area contributed by atoms with Crippen LogP contribution < -0.4 is 5.73 Å². The Balaban J connectivity index is 2.86. The molecule has 1 heterocycles. The summed E-state index contributed by atoms with van der Waals surface area (Å²) in [5.41, 5.74) is 5.94. The van der Waals surface area contributed by atoms with Crippen LogP contribution in [-0.4, -0.2) is 36.2 Å². The monoisotopic (exact) mass is 219 g/mol. The Morgan fingerprint density at radius 3 is 2.79 bits per heavy atom. The van der Waals surface area contributed by atoms with Crippen LogP contribution in [0, 0.1) is 0 Å². The topological polar surface area (TPSA) is 98.2 Å². The lowest BCUT2D eigenvalue weighted by Gasteiger charge is -1.98. The quantitative estimate of drug-likeness (QED) is 0.677. The Hall–Kier alpha value is -1.08. The van der Waals surface area contributed by atoms with Crippen molar-refractivity contribution in [2.45, 2.75) is 12.3 Å². The van der Waals surface area contributed by atoms with Gasteiger partial charge in [0.25, 0.3) is 0 Å². The molecule has 0 saturated heterocycles. The summed E-state index contributed by atoms with van der Waals surface area (Å²) in [4.78, 5) is 0. The number of aliphatic hydroxyl groups is 1. The van der Waals surface area contributed by atoms with Gasteiger partial charge in [-0.2, -0.15) is 5.10 Å². The maximum absolute atomic E-state index is 10.9. The van der Waals surface area contributed by atoms with E-state index in [4.69, 9.17) is 10.8 Å². The average molecular weight is 219 g/mol. The van der Waals surface area contributed by atoms with Gasteiger partial charge in [-0.1, -0.05) is 0 Å². The fraction of sp³-hybridized carbons (Fsp3) is 0.571. The molecule has 0 bridgehead atoms. The predicted octanol–water partition coefficient (Wildman–Crippen LogP) is -0.998. The minimum atomic E-state index is -3.09. The molecule has 0 aliphatic carbocycles. The molecule has 0 radical (unpaired) electrons. The lowest BCUT2D eigenvalue weighted by molar-refractivity contribution is 0.270. The molecule has 1 aromatic rings. The SMILES string of the molecule is CS(=O)(=O)Cc1cc(N)n(CCO)n1. The first-order valence-corrected chi connectivity index (χ1v) is 6.09. The highest BCUT2D eigenvalue weighted by molar-refractivity contribution is 7.89. The van der Waals surface area contributed by atoms with Crippen molar-refractivity contribution < 1.29 is 13.5 Å². The standard InChI is InChI=1S/C7H13N3O3S/c1-14(12,13)5-6-4-7(8)10(9-6)2-3-11/h4,11H,2-3,5,8H2,1H3. The second-order valence-corrected chi connectivity index (χ2v) is 5.22. The first kappa shape index (κ1) is 11.0. The highest BCUT2D eigenvalue weighted by Crippen LogP contribution is 2.08. The first-order chi connectivity index (χ1) is 6.42. The van der Waals surface area contributed by atoms with Gasteiger partial charge in [-0.3, -0.25) is 0 Å². The smallest absolute Gasteiger partial charge is 0.153 e. The van der Waals surface area contributed by atoms with Crippen molar-refractivity contribution in [3.8, 4) is 0 Å². The van der Waals surface area contributed by atoms with Crippen molar-refractivity contribution in [3.63, 3.8) is 0 Å². The summed E-state index contributed by atoms with van der Waals surface area (Å²) < 4.78 is 23.3. The molecule has 14 heavy (non-hydrogen) atoms. The van der Waals surface area contributed by atoms with Gasteiger partial charge in [-0.15, -0.1) is 0 Å². The van der Waals surface area contributed by atoms with Crippen LogP contribution in [0.15, 0.2) is 6.07 Å². The summed E-state index contributed by atoms with van der Waals surface area (Å²) in [5.74, 6) is 0.230. The van der Waals surface area contributed by atoms with E-state index in [1.165, 1.54) is 10.7 Å². The third-order valence-electron chi connectivity index (χ3n) is 1.58. The third-order valence-corrected chi connectivity index (χ3v) is 2.40. The van der Waals surface area contributed by atoms with Gasteiger partial charge < -0.3 is 10.8 Å². The number of aromatic nitrogens is 2. The Labute approximate surface area is 82.3 Å². The number of nitrogens with two attached hydrogens (primary N) is 1. The molecule has 0 atom stereocenters. The summed E-state index contributed by atoms with van der Waals surface area (Å²) in [6, 6.07) is 1.50. The van der Waals surface area contributed by atoms with Gasteiger partial charge in [0.15, 0.2) is 9.84 Å². The Kier molecular flexibility index (Phi) is 3.12. The van der Waals surface area contributed by atoms with Gasteiger partial charge >= 0.3 is 0 Å². The van der Waals surface area contributed by atoms with Gasteiger partial charge in [0.1, 0.15) is 5.82 Å². The summed E-state index contributed by atoms with van der Waals surface area (Å²) in [6.45, 7) is 0.194. The number of hydrogen-bond donors (Lipinski definition) is 2. The maximum Gasteiger partial charge on any atom is 0.153 e. The molecule has 0 spiro atoms. The van der Waals surface area contributed by atoms with Crippen LogP contribution in [0.1, 0.15) is 5.69 Å². The molecule has 6 nitrogen and oxygen atoms in total. The molecule has 7 heteroatoms. The second kappa shape index (κ2) is 3.97. The molecule has 0 amide bonds. The fourth-order valence-corrected chi connectivity index (χ4v) is 1.78. The van der Waals surface area contributed by atoms with E-state index in [-0.39, 0.29) is 18.9 Å². The van der Waals surface area contributed by atoms with Crippen molar-refractivity contribution in [3.05, 3.63) is 11.8 Å². The predicted molar refractivity (Wildman–Crippen MR) is 52.3 cm³/mol. The van der Waals surface area contributed by atoms with E-state index in [0.717, 1.165) is 6.26 Å². The molecule has 0 saturated carbocycles. The zero-order chi connectivity index (χ0) is 10.8. The van der Waals surface area contributed by atoms with Crippen molar-refractivity contribution in [2.75, 3.05) is 18.6 Å². The zero-order valence-corrected chi connectivity index (χ0v) is 8.66. The van der Waals surface area contributed by atoms with Crippen LogP contribution in [0.25, 0.3) is 0 Å². The summed E-state index contributed by atoms with van der Waals surface area (Å²) in [5, 5.41) is 12.6.